The van der Waals surface area contributed by atoms with Gasteiger partial charge in [-0.15, -0.1) is 0 Å². The smallest absolute Gasteiger partial charge is 0.00108 e. The average Bonchev–Trinajstić information content (AvgIpc) is 2.21. The van der Waals surface area contributed by atoms with Crippen molar-refractivity contribution in [2.24, 2.45) is 0 Å². The van der Waals surface area contributed by atoms with Crippen LogP contribution in [0.15, 0.2) is 42.5 Å². The topological polar surface area (TPSA) is 0 Å². The Morgan fingerprint density at radius 3 is 2.54 bits per heavy atom. The highest BCUT2D eigenvalue weighted by atomic mass is 14.0. The average molecular weight is 165 g/mol. The summed E-state index contributed by atoms with van der Waals surface area (Å²) in [4.78, 5) is 0. The van der Waals surface area contributed by atoms with Gasteiger partial charge in [-0.3, -0.25) is 0 Å². The molecule has 0 spiro atoms. The molecule has 0 amide bonds. The standard InChI is InChI=1S/C13H9/c1-3-7-12(8-4-1)11-13-9-5-2-6-10-13/h1,3-5,7-9H,11H2. The molecule has 13 heavy (non-hydrogen) atoms. The zero-order chi connectivity index (χ0) is 8.93. The minimum Gasteiger partial charge on any atom is -0.0622 e. The van der Waals surface area contributed by atoms with Gasteiger partial charge in [-0.1, -0.05) is 42.5 Å². The normalized spacial score (nSPS) is 9.85. The van der Waals surface area contributed by atoms with Gasteiger partial charge >= 0.3 is 0 Å². The Kier molecular flexibility index (Phi) is 2.42. The Morgan fingerprint density at radius 1 is 1.00 bits per heavy atom. The molecule has 0 saturated heterocycles. The number of benzene rings is 2. The molecule has 0 aliphatic rings. The van der Waals surface area contributed by atoms with Crippen LogP contribution in [0.1, 0.15) is 11.1 Å². The first kappa shape index (κ1) is 8.06. The van der Waals surface area contributed by atoms with Gasteiger partial charge in [0.05, 0.1) is 0 Å². The molecule has 61 valence electrons. The van der Waals surface area contributed by atoms with Gasteiger partial charge in [-0.05, 0) is 35.7 Å². The maximum absolute atomic E-state index is 3.04. The SMILES string of the molecule is [c]1[c]ccc(Cc2ccccc2)[c]1. The van der Waals surface area contributed by atoms with Crippen LogP contribution in [0.3, 0.4) is 0 Å². The second-order valence-electron chi connectivity index (χ2n) is 2.92. The number of rotatable bonds is 2. The molecule has 2 rings (SSSR count). The van der Waals surface area contributed by atoms with Gasteiger partial charge in [0.1, 0.15) is 0 Å². The van der Waals surface area contributed by atoms with Crippen molar-refractivity contribution in [3.05, 3.63) is 71.8 Å². The first-order valence-electron chi connectivity index (χ1n) is 4.28. The Labute approximate surface area is 78.9 Å². The molecule has 0 bridgehead atoms. The minimum atomic E-state index is 0.923. The van der Waals surface area contributed by atoms with Crippen LogP contribution in [0.25, 0.3) is 0 Å². The van der Waals surface area contributed by atoms with Gasteiger partial charge < -0.3 is 0 Å². The van der Waals surface area contributed by atoms with Crippen LogP contribution in [0.2, 0.25) is 0 Å². The lowest BCUT2D eigenvalue weighted by molar-refractivity contribution is 1.19. The molecule has 0 heteroatoms. The van der Waals surface area contributed by atoms with Crippen molar-refractivity contribution >= 4 is 0 Å². The molecular formula is C13H9. The summed E-state index contributed by atoms with van der Waals surface area (Å²) >= 11 is 0. The summed E-state index contributed by atoms with van der Waals surface area (Å²) in [6, 6.07) is 22.9. The summed E-state index contributed by atoms with van der Waals surface area (Å²) in [6.45, 7) is 0. The van der Waals surface area contributed by atoms with E-state index in [1.165, 1.54) is 5.56 Å². The van der Waals surface area contributed by atoms with E-state index in [1.807, 2.05) is 30.3 Å². The lowest BCUT2D eigenvalue weighted by atomic mass is 10.1. The molecule has 0 unspecified atom stereocenters. The van der Waals surface area contributed by atoms with Crippen molar-refractivity contribution in [3.63, 3.8) is 0 Å². The third-order valence-electron chi connectivity index (χ3n) is 1.90. The van der Waals surface area contributed by atoms with Crippen molar-refractivity contribution in [1.82, 2.24) is 0 Å². The Balaban J connectivity index is 2.16. The van der Waals surface area contributed by atoms with Crippen molar-refractivity contribution < 1.29 is 0 Å². The highest BCUT2D eigenvalue weighted by Crippen LogP contribution is 2.06. The van der Waals surface area contributed by atoms with E-state index in [9.17, 15) is 0 Å². The maximum Gasteiger partial charge on any atom is -0.00108 e. The minimum absolute atomic E-state index is 0.923. The van der Waals surface area contributed by atoms with E-state index < -0.39 is 0 Å². The van der Waals surface area contributed by atoms with Crippen LogP contribution in [0, 0.1) is 18.2 Å². The third-order valence-corrected chi connectivity index (χ3v) is 1.90. The van der Waals surface area contributed by atoms with Crippen molar-refractivity contribution in [1.29, 1.82) is 0 Å². The molecule has 0 atom stereocenters. The lowest BCUT2D eigenvalue weighted by Gasteiger charge is -1.99. The molecule has 0 heterocycles. The summed E-state index contributed by atoms with van der Waals surface area (Å²) in [5, 5.41) is 0. The predicted molar refractivity (Wildman–Crippen MR) is 52.2 cm³/mol. The van der Waals surface area contributed by atoms with Crippen molar-refractivity contribution in [2.75, 3.05) is 0 Å². The Hall–Kier alpha value is -1.56. The van der Waals surface area contributed by atoms with E-state index in [0.717, 1.165) is 12.0 Å². The molecule has 2 aromatic rings. The Bertz CT molecular complexity index is 311. The Morgan fingerprint density at radius 2 is 1.85 bits per heavy atom. The highest BCUT2D eigenvalue weighted by molar-refractivity contribution is 5.24. The van der Waals surface area contributed by atoms with E-state index in [1.54, 1.807) is 0 Å². The molecule has 0 aliphatic heterocycles. The molecule has 3 radical (unpaired) electrons. The van der Waals surface area contributed by atoms with Gasteiger partial charge in [0.15, 0.2) is 0 Å². The molecule has 0 aliphatic carbocycles. The summed E-state index contributed by atoms with van der Waals surface area (Å²) < 4.78 is 0. The third kappa shape index (κ3) is 2.19. The van der Waals surface area contributed by atoms with E-state index >= 15 is 0 Å². The van der Waals surface area contributed by atoms with Crippen molar-refractivity contribution in [2.45, 2.75) is 6.42 Å². The quantitative estimate of drug-likeness (QED) is 0.641. The molecule has 0 nitrogen and oxygen atoms in total. The van der Waals surface area contributed by atoms with Gasteiger partial charge in [0.2, 0.25) is 0 Å². The highest BCUT2D eigenvalue weighted by Gasteiger charge is 1.93. The molecule has 0 aromatic heterocycles. The second kappa shape index (κ2) is 3.90. The predicted octanol–water partition coefficient (Wildman–Crippen LogP) is 2.68. The van der Waals surface area contributed by atoms with Crippen LogP contribution in [-0.4, -0.2) is 0 Å². The fourth-order valence-corrected chi connectivity index (χ4v) is 1.26. The monoisotopic (exact) mass is 165 g/mol. The van der Waals surface area contributed by atoms with E-state index in [-0.39, 0.29) is 0 Å². The van der Waals surface area contributed by atoms with Crippen LogP contribution in [0.5, 0.6) is 0 Å². The van der Waals surface area contributed by atoms with Crippen molar-refractivity contribution in [3.8, 4) is 0 Å². The van der Waals surface area contributed by atoms with Crippen LogP contribution in [-0.2, 0) is 6.42 Å². The second-order valence-corrected chi connectivity index (χ2v) is 2.92. The zero-order valence-corrected chi connectivity index (χ0v) is 7.25. The van der Waals surface area contributed by atoms with Gasteiger partial charge in [-0.25, -0.2) is 0 Å². The zero-order valence-electron chi connectivity index (χ0n) is 7.25. The lowest BCUT2D eigenvalue weighted by Crippen LogP contribution is -1.86. The molecule has 2 aromatic carbocycles. The van der Waals surface area contributed by atoms with Gasteiger partial charge in [0.25, 0.3) is 0 Å². The fourth-order valence-electron chi connectivity index (χ4n) is 1.26. The molecule has 0 N–H and O–H groups in total. The summed E-state index contributed by atoms with van der Waals surface area (Å²) in [6.07, 6.45) is 0.923. The number of hydrogen-bond donors (Lipinski definition) is 0. The summed E-state index contributed by atoms with van der Waals surface area (Å²) in [5.74, 6) is 0. The van der Waals surface area contributed by atoms with Gasteiger partial charge in [-0.2, -0.15) is 0 Å². The number of hydrogen-bond acceptors (Lipinski definition) is 0. The fraction of sp³-hybridized carbons (Fsp3) is 0.0769. The van der Waals surface area contributed by atoms with Crippen LogP contribution in [0.4, 0.5) is 0 Å². The van der Waals surface area contributed by atoms with E-state index in [2.05, 4.69) is 30.3 Å². The van der Waals surface area contributed by atoms with Gasteiger partial charge in [0, 0.05) is 0 Å². The molecule has 0 saturated carbocycles. The van der Waals surface area contributed by atoms with E-state index in [0.29, 0.717) is 0 Å². The maximum atomic E-state index is 3.04. The first-order chi connectivity index (χ1) is 6.45. The van der Waals surface area contributed by atoms with Crippen LogP contribution < -0.4 is 0 Å². The molecule has 0 fully saturated rings. The summed E-state index contributed by atoms with van der Waals surface area (Å²) in [5.41, 5.74) is 2.46. The molecular weight excluding hydrogens is 156 g/mol. The summed E-state index contributed by atoms with van der Waals surface area (Å²) in [7, 11) is 0. The first-order valence-corrected chi connectivity index (χ1v) is 4.28. The van der Waals surface area contributed by atoms with Crippen LogP contribution >= 0.6 is 0 Å². The largest absolute Gasteiger partial charge is 0.0622 e. The van der Waals surface area contributed by atoms with E-state index in [4.69, 9.17) is 0 Å².